The third-order valence-electron chi connectivity index (χ3n) is 3.61. The number of benzene rings is 1. The van der Waals surface area contributed by atoms with E-state index in [0.29, 0.717) is 12.4 Å². The van der Waals surface area contributed by atoms with Crippen LogP contribution in [0.4, 0.5) is 4.79 Å². The van der Waals surface area contributed by atoms with Crippen LogP contribution in [-0.4, -0.2) is 41.5 Å². The zero-order valence-corrected chi connectivity index (χ0v) is 11.2. The first kappa shape index (κ1) is 12.9. The minimum Gasteiger partial charge on any atom is -0.303 e. The van der Waals surface area contributed by atoms with Crippen LogP contribution in [0.5, 0.6) is 0 Å². The van der Waals surface area contributed by atoms with Gasteiger partial charge in [-0.25, -0.2) is 9.69 Å². The highest BCUT2D eigenvalue weighted by Gasteiger charge is 2.34. The number of rotatable bonds is 3. The third-order valence-corrected chi connectivity index (χ3v) is 3.61. The first-order valence-corrected chi connectivity index (χ1v) is 6.86. The fourth-order valence-electron chi connectivity index (χ4n) is 2.54. The Balaban J connectivity index is 1.74. The Bertz CT molecular complexity index is 547. The number of amides is 3. The van der Waals surface area contributed by atoms with E-state index in [-0.39, 0.29) is 11.9 Å². The molecule has 0 aromatic heterocycles. The summed E-state index contributed by atoms with van der Waals surface area (Å²) < 4.78 is 0. The van der Waals surface area contributed by atoms with Crippen molar-refractivity contribution in [2.24, 2.45) is 0 Å². The van der Waals surface area contributed by atoms with Crippen molar-refractivity contribution in [3.63, 3.8) is 0 Å². The van der Waals surface area contributed by atoms with E-state index in [0.717, 1.165) is 31.5 Å². The molecule has 2 heterocycles. The zero-order valence-electron chi connectivity index (χ0n) is 11.2. The number of hydrogen-bond acceptors (Lipinski definition) is 3. The van der Waals surface area contributed by atoms with Crippen molar-refractivity contribution in [2.75, 3.05) is 19.8 Å². The number of hydrogen-bond donors (Lipinski definition) is 1. The van der Waals surface area contributed by atoms with Crippen LogP contribution in [0.1, 0.15) is 18.4 Å². The fourth-order valence-corrected chi connectivity index (χ4v) is 2.54. The zero-order chi connectivity index (χ0) is 13.9. The van der Waals surface area contributed by atoms with E-state index in [1.807, 2.05) is 30.3 Å². The smallest absolute Gasteiger partial charge is 0.303 e. The van der Waals surface area contributed by atoms with Crippen LogP contribution < -0.4 is 5.32 Å². The van der Waals surface area contributed by atoms with E-state index in [4.69, 9.17) is 0 Å². The molecule has 2 aliphatic heterocycles. The molecule has 5 heteroatoms. The number of carbonyl (C=O) groups is 2. The SMILES string of the molecule is O=C1N/C(=C\c2ccccc2)C(=O)N1CN1CCCC1. The molecule has 0 radical (unpaired) electrons. The molecule has 104 valence electrons. The van der Waals surface area contributed by atoms with Gasteiger partial charge in [0, 0.05) is 0 Å². The summed E-state index contributed by atoms with van der Waals surface area (Å²) in [6.07, 6.45) is 3.98. The highest BCUT2D eigenvalue weighted by atomic mass is 16.2. The molecule has 1 N–H and O–H groups in total. The van der Waals surface area contributed by atoms with E-state index in [9.17, 15) is 9.59 Å². The topological polar surface area (TPSA) is 52.7 Å². The highest BCUT2D eigenvalue weighted by Crippen LogP contribution is 2.16. The van der Waals surface area contributed by atoms with Gasteiger partial charge in [-0.05, 0) is 37.6 Å². The Morgan fingerprint density at radius 3 is 2.50 bits per heavy atom. The quantitative estimate of drug-likeness (QED) is 0.671. The van der Waals surface area contributed by atoms with Gasteiger partial charge in [0.25, 0.3) is 5.91 Å². The molecule has 2 aliphatic rings. The second-order valence-corrected chi connectivity index (χ2v) is 5.10. The van der Waals surface area contributed by atoms with E-state index < -0.39 is 0 Å². The van der Waals surface area contributed by atoms with Gasteiger partial charge < -0.3 is 5.32 Å². The lowest BCUT2D eigenvalue weighted by molar-refractivity contribution is -0.124. The summed E-state index contributed by atoms with van der Waals surface area (Å²) in [5.74, 6) is -0.245. The molecule has 3 rings (SSSR count). The van der Waals surface area contributed by atoms with Crippen molar-refractivity contribution < 1.29 is 9.59 Å². The maximum atomic E-state index is 12.3. The molecule has 1 aromatic rings. The molecule has 20 heavy (non-hydrogen) atoms. The average Bonchev–Trinajstić information content (AvgIpc) is 3.05. The van der Waals surface area contributed by atoms with Crippen LogP contribution in [0, 0.1) is 0 Å². The predicted molar refractivity (Wildman–Crippen MR) is 75.5 cm³/mol. The average molecular weight is 271 g/mol. The molecular weight excluding hydrogens is 254 g/mol. The Labute approximate surface area is 117 Å². The normalized spacial score (nSPS) is 21.8. The summed E-state index contributed by atoms with van der Waals surface area (Å²) in [5.41, 5.74) is 1.25. The number of nitrogens with one attached hydrogen (secondary N) is 1. The minimum absolute atomic E-state index is 0.245. The van der Waals surface area contributed by atoms with Crippen molar-refractivity contribution in [2.45, 2.75) is 12.8 Å². The number of imide groups is 1. The van der Waals surface area contributed by atoms with Gasteiger partial charge in [0.2, 0.25) is 0 Å². The number of carbonyl (C=O) groups excluding carboxylic acids is 2. The molecule has 3 amide bonds. The van der Waals surface area contributed by atoms with Crippen molar-refractivity contribution in [3.05, 3.63) is 41.6 Å². The maximum Gasteiger partial charge on any atom is 0.330 e. The molecule has 0 unspecified atom stereocenters. The Kier molecular flexibility index (Phi) is 3.52. The standard InChI is InChI=1S/C15H17N3O2/c19-14-13(10-12-6-2-1-3-7-12)16-15(20)18(14)11-17-8-4-5-9-17/h1-3,6-7,10H,4-5,8-9,11H2,(H,16,20)/b13-10-. The minimum atomic E-state index is -0.330. The number of nitrogens with zero attached hydrogens (tertiary/aromatic N) is 2. The molecule has 0 bridgehead atoms. The third kappa shape index (κ3) is 2.58. The summed E-state index contributed by atoms with van der Waals surface area (Å²) >= 11 is 0. The lowest BCUT2D eigenvalue weighted by Gasteiger charge is -2.20. The monoisotopic (exact) mass is 271 g/mol. The lowest BCUT2D eigenvalue weighted by Crippen LogP contribution is -2.40. The van der Waals surface area contributed by atoms with Crippen LogP contribution in [0.15, 0.2) is 36.0 Å². The van der Waals surface area contributed by atoms with Gasteiger partial charge in [-0.1, -0.05) is 30.3 Å². The van der Waals surface area contributed by atoms with E-state index in [1.165, 1.54) is 4.90 Å². The van der Waals surface area contributed by atoms with Gasteiger partial charge in [0.15, 0.2) is 0 Å². The first-order valence-electron chi connectivity index (χ1n) is 6.86. The van der Waals surface area contributed by atoms with Crippen molar-refractivity contribution in [1.82, 2.24) is 15.1 Å². The molecule has 0 aliphatic carbocycles. The van der Waals surface area contributed by atoms with Crippen LogP contribution in [-0.2, 0) is 4.79 Å². The molecule has 2 fully saturated rings. The Morgan fingerprint density at radius 1 is 1.10 bits per heavy atom. The van der Waals surface area contributed by atoms with Gasteiger partial charge in [0.05, 0.1) is 6.67 Å². The van der Waals surface area contributed by atoms with E-state index in [2.05, 4.69) is 10.2 Å². The predicted octanol–water partition coefficient (Wildman–Crippen LogP) is 1.63. The van der Waals surface area contributed by atoms with Gasteiger partial charge in [-0.2, -0.15) is 0 Å². The summed E-state index contributed by atoms with van der Waals surface area (Å²) in [6.45, 7) is 2.29. The summed E-state index contributed by atoms with van der Waals surface area (Å²) in [6, 6.07) is 9.18. The van der Waals surface area contributed by atoms with Gasteiger partial charge >= 0.3 is 6.03 Å². The summed E-state index contributed by atoms with van der Waals surface area (Å²) in [5, 5.41) is 2.65. The van der Waals surface area contributed by atoms with Gasteiger partial charge in [0.1, 0.15) is 5.70 Å². The molecule has 2 saturated heterocycles. The second kappa shape index (κ2) is 5.46. The van der Waals surface area contributed by atoms with Crippen molar-refractivity contribution >= 4 is 18.0 Å². The lowest BCUT2D eigenvalue weighted by atomic mass is 10.2. The molecule has 1 aromatic carbocycles. The summed E-state index contributed by atoms with van der Waals surface area (Å²) in [7, 11) is 0. The molecule has 0 atom stereocenters. The van der Waals surface area contributed by atoms with Gasteiger partial charge in [-0.3, -0.25) is 9.69 Å². The Hall–Kier alpha value is -2.14. The van der Waals surface area contributed by atoms with Crippen molar-refractivity contribution in [3.8, 4) is 0 Å². The molecule has 0 spiro atoms. The maximum absolute atomic E-state index is 12.3. The first-order chi connectivity index (χ1) is 9.74. The van der Waals surface area contributed by atoms with Crippen LogP contribution >= 0.6 is 0 Å². The molecular formula is C15H17N3O2. The van der Waals surface area contributed by atoms with Crippen LogP contribution in [0.2, 0.25) is 0 Å². The van der Waals surface area contributed by atoms with Crippen molar-refractivity contribution in [1.29, 1.82) is 0 Å². The van der Waals surface area contributed by atoms with E-state index >= 15 is 0 Å². The van der Waals surface area contributed by atoms with Crippen LogP contribution in [0.3, 0.4) is 0 Å². The highest BCUT2D eigenvalue weighted by molar-refractivity contribution is 6.13. The summed E-state index contributed by atoms with van der Waals surface area (Å²) in [4.78, 5) is 27.6. The fraction of sp³-hybridized carbons (Fsp3) is 0.333. The van der Waals surface area contributed by atoms with E-state index in [1.54, 1.807) is 6.08 Å². The number of urea groups is 1. The number of likely N-dealkylation sites (tertiary alicyclic amines) is 1. The molecule has 0 saturated carbocycles. The largest absolute Gasteiger partial charge is 0.330 e. The Morgan fingerprint density at radius 2 is 1.80 bits per heavy atom. The van der Waals surface area contributed by atoms with Gasteiger partial charge in [-0.15, -0.1) is 0 Å². The molecule has 5 nitrogen and oxygen atoms in total. The second-order valence-electron chi connectivity index (χ2n) is 5.10. The van der Waals surface area contributed by atoms with Crippen LogP contribution in [0.25, 0.3) is 6.08 Å².